The van der Waals surface area contributed by atoms with Crippen LogP contribution in [0.25, 0.3) is 10.9 Å². The number of hydrogen-bond donors (Lipinski definition) is 2. The Bertz CT molecular complexity index is 1040. The molecule has 0 aliphatic rings. The maximum absolute atomic E-state index is 14.1. The fraction of sp³-hybridized carbons (Fsp3) is 0.167. The first-order valence-corrected chi connectivity index (χ1v) is 7.79. The van der Waals surface area contributed by atoms with Gasteiger partial charge in [-0.05, 0) is 36.8 Å². The Balaban J connectivity index is 0.00000243. The minimum absolute atomic E-state index is 0. The predicted molar refractivity (Wildman–Crippen MR) is 101 cm³/mol. The van der Waals surface area contributed by atoms with Gasteiger partial charge in [0, 0.05) is 0 Å². The van der Waals surface area contributed by atoms with Crippen molar-refractivity contribution in [1.29, 1.82) is 5.26 Å². The Labute approximate surface area is 155 Å². The molecule has 26 heavy (non-hydrogen) atoms. The van der Waals surface area contributed by atoms with Gasteiger partial charge in [-0.2, -0.15) is 5.26 Å². The van der Waals surface area contributed by atoms with E-state index in [4.69, 9.17) is 11.0 Å². The largest absolute Gasteiger partial charge is 0.321 e. The number of nitrogens with one attached hydrogen (secondary N) is 1. The molecule has 0 fully saturated rings. The van der Waals surface area contributed by atoms with Gasteiger partial charge < -0.3 is 5.73 Å². The molecule has 1 heterocycles. The van der Waals surface area contributed by atoms with Crippen molar-refractivity contribution >= 4 is 29.0 Å². The zero-order valence-corrected chi connectivity index (χ0v) is 14.8. The van der Waals surface area contributed by atoms with Gasteiger partial charge in [-0.25, -0.2) is 14.1 Å². The summed E-state index contributed by atoms with van der Waals surface area (Å²) in [5, 5.41) is 8.90. The molecular weight excluding hydrogens is 357 g/mol. The van der Waals surface area contributed by atoms with E-state index >= 15 is 0 Å². The number of aromatic nitrogens is 2. The summed E-state index contributed by atoms with van der Waals surface area (Å²) >= 11 is 0. The van der Waals surface area contributed by atoms with E-state index in [9.17, 15) is 9.18 Å². The quantitative estimate of drug-likeness (QED) is 0.732. The van der Waals surface area contributed by atoms with Gasteiger partial charge >= 0.3 is 0 Å². The van der Waals surface area contributed by atoms with Crippen LogP contribution < -0.4 is 16.7 Å². The summed E-state index contributed by atoms with van der Waals surface area (Å²) in [7, 11) is 0. The van der Waals surface area contributed by atoms with E-state index in [2.05, 4.69) is 10.4 Å². The monoisotopic (exact) mass is 373 g/mol. The van der Waals surface area contributed by atoms with Crippen molar-refractivity contribution in [2.24, 2.45) is 5.73 Å². The van der Waals surface area contributed by atoms with Crippen LogP contribution in [0, 0.1) is 17.1 Å². The van der Waals surface area contributed by atoms with Crippen molar-refractivity contribution in [3.63, 3.8) is 0 Å². The van der Waals surface area contributed by atoms with Gasteiger partial charge in [0.1, 0.15) is 17.0 Å². The molecule has 1 atom stereocenters. The molecule has 134 valence electrons. The average molecular weight is 374 g/mol. The molecule has 0 bridgehead atoms. The molecule has 0 saturated carbocycles. The normalized spacial score (nSPS) is 11.5. The third-order valence-corrected chi connectivity index (χ3v) is 3.88. The van der Waals surface area contributed by atoms with Crippen molar-refractivity contribution in [3.05, 3.63) is 70.0 Å². The summed E-state index contributed by atoms with van der Waals surface area (Å²) in [5.41, 5.74) is 9.60. The molecule has 3 rings (SSSR count). The van der Waals surface area contributed by atoms with E-state index in [0.717, 1.165) is 4.68 Å². The third-order valence-electron chi connectivity index (χ3n) is 3.88. The first-order chi connectivity index (χ1) is 12.0. The summed E-state index contributed by atoms with van der Waals surface area (Å²) in [4.78, 5) is 17.2. The minimum Gasteiger partial charge on any atom is -0.321 e. The summed E-state index contributed by atoms with van der Waals surface area (Å²) in [6.07, 6.45) is 0.549. The Morgan fingerprint density at radius 2 is 2.08 bits per heavy atom. The molecule has 0 saturated heterocycles. The molecule has 3 aromatic rings. The lowest BCUT2D eigenvalue weighted by molar-refractivity contribution is 0.601. The smallest absolute Gasteiger partial charge is 0.283 e. The van der Waals surface area contributed by atoms with Gasteiger partial charge in [0.05, 0.1) is 28.9 Å². The van der Waals surface area contributed by atoms with Crippen LogP contribution in [-0.4, -0.2) is 9.66 Å². The van der Waals surface area contributed by atoms with Crippen LogP contribution in [0.2, 0.25) is 0 Å². The fourth-order valence-corrected chi connectivity index (χ4v) is 2.53. The number of anilines is 1. The molecule has 0 amide bonds. The van der Waals surface area contributed by atoms with E-state index < -0.39 is 17.4 Å². The molecule has 1 aromatic heterocycles. The molecule has 6 nitrogen and oxygen atoms in total. The van der Waals surface area contributed by atoms with Crippen LogP contribution in [0.4, 0.5) is 10.1 Å². The Morgan fingerprint density at radius 3 is 2.77 bits per heavy atom. The molecule has 0 radical (unpaired) electrons. The first-order valence-electron chi connectivity index (χ1n) is 7.79. The predicted octanol–water partition coefficient (Wildman–Crippen LogP) is 3.11. The van der Waals surface area contributed by atoms with E-state index in [0.29, 0.717) is 23.5 Å². The third kappa shape index (κ3) is 3.52. The van der Waals surface area contributed by atoms with Gasteiger partial charge in [0.25, 0.3) is 5.56 Å². The number of benzene rings is 2. The summed E-state index contributed by atoms with van der Waals surface area (Å²) in [5.74, 6) is -0.346. The highest BCUT2D eigenvalue weighted by Gasteiger charge is 2.18. The van der Waals surface area contributed by atoms with Crippen LogP contribution in [0.1, 0.15) is 30.8 Å². The first kappa shape index (κ1) is 19.4. The SMILES string of the molecule is CC[C@H](N)c1nc2cccc(F)c2c(=O)n1Nc1cccc(C#N)c1.Cl. The molecule has 8 heteroatoms. The molecule has 0 spiro atoms. The maximum atomic E-state index is 14.1. The number of nitriles is 1. The van der Waals surface area contributed by atoms with Crippen molar-refractivity contribution in [2.75, 3.05) is 5.43 Å². The number of halogens is 2. The Kier molecular flexibility index (Phi) is 5.93. The summed E-state index contributed by atoms with van der Waals surface area (Å²) in [6, 6.07) is 12.4. The standard InChI is InChI=1S/C18H16FN5O.ClH/c1-2-14(21)17-22-15-8-4-7-13(19)16(15)18(25)24(17)23-12-6-3-5-11(9-12)10-20;/h3-9,14,23H,2,21H2,1H3;1H/t14-;/m0./s1. The van der Waals surface area contributed by atoms with Crippen molar-refractivity contribution in [2.45, 2.75) is 19.4 Å². The Hall–Kier alpha value is -2.95. The van der Waals surface area contributed by atoms with Gasteiger partial charge in [0.2, 0.25) is 0 Å². The molecule has 2 aromatic carbocycles. The van der Waals surface area contributed by atoms with Crippen LogP contribution >= 0.6 is 12.4 Å². The zero-order valence-electron chi connectivity index (χ0n) is 13.9. The van der Waals surface area contributed by atoms with Crippen molar-refractivity contribution in [1.82, 2.24) is 9.66 Å². The lowest BCUT2D eigenvalue weighted by Gasteiger charge is -2.19. The molecule has 3 N–H and O–H groups in total. The lowest BCUT2D eigenvalue weighted by atomic mass is 10.2. The topological polar surface area (TPSA) is 96.7 Å². The summed E-state index contributed by atoms with van der Waals surface area (Å²) < 4.78 is 15.3. The zero-order chi connectivity index (χ0) is 18.0. The number of nitrogens with two attached hydrogens (primary N) is 1. The number of fused-ring (bicyclic) bond motifs is 1. The van der Waals surface area contributed by atoms with E-state index in [1.54, 1.807) is 30.3 Å². The number of nitrogens with zero attached hydrogens (tertiary/aromatic N) is 3. The van der Waals surface area contributed by atoms with Crippen molar-refractivity contribution in [3.8, 4) is 6.07 Å². The van der Waals surface area contributed by atoms with Gasteiger partial charge in [-0.1, -0.05) is 19.1 Å². The van der Waals surface area contributed by atoms with Gasteiger partial charge in [-0.3, -0.25) is 10.2 Å². The van der Waals surface area contributed by atoms with Crippen LogP contribution in [0.15, 0.2) is 47.3 Å². The second kappa shape index (κ2) is 7.95. The van der Waals surface area contributed by atoms with Crippen LogP contribution in [0.3, 0.4) is 0 Å². The molecule has 0 aliphatic carbocycles. The van der Waals surface area contributed by atoms with Gasteiger partial charge in [0.15, 0.2) is 0 Å². The number of hydrogen-bond acceptors (Lipinski definition) is 5. The van der Waals surface area contributed by atoms with E-state index in [1.165, 1.54) is 12.1 Å². The van der Waals surface area contributed by atoms with E-state index in [-0.39, 0.29) is 23.3 Å². The number of rotatable bonds is 4. The highest BCUT2D eigenvalue weighted by Crippen LogP contribution is 2.18. The summed E-state index contributed by atoms with van der Waals surface area (Å²) in [6.45, 7) is 1.87. The highest BCUT2D eigenvalue weighted by molar-refractivity contribution is 5.85. The van der Waals surface area contributed by atoms with Gasteiger partial charge in [-0.15, -0.1) is 12.4 Å². The van der Waals surface area contributed by atoms with E-state index in [1.807, 2.05) is 13.0 Å². The van der Waals surface area contributed by atoms with Crippen LogP contribution in [0.5, 0.6) is 0 Å². The fourth-order valence-electron chi connectivity index (χ4n) is 2.53. The lowest BCUT2D eigenvalue weighted by Crippen LogP contribution is -2.34. The Morgan fingerprint density at radius 1 is 1.35 bits per heavy atom. The average Bonchev–Trinajstić information content (AvgIpc) is 2.63. The maximum Gasteiger partial charge on any atom is 0.283 e. The van der Waals surface area contributed by atoms with Crippen molar-refractivity contribution < 1.29 is 4.39 Å². The molecule has 0 unspecified atom stereocenters. The molecule has 0 aliphatic heterocycles. The van der Waals surface area contributed by atoms with Crippen LogP contribution in [-0.2, 0) is 0 Å². The minimum atomic E-state index is -0.645. The second-order valence-electron chi connectivity index (χ2n) is 5.56. The second-order valence-corrected chi connectivity index (χ2v) is 5.56. The molecular formula is C18H17ClFN5O. The highest BCUT2D eigenvalue weighted by atomic mass is 35.5.